The lowest BCUT2D eigenvalue weighted by Crippen LogP contribution is -2.04. The zero-order valence-electron chi connectivity index (χ0n) is 14.9. The van der Waals surface area contributed by atoms with Crippen molar-refractivity contribution in [2.24, 2.45) is 0 Å². The van der Waals surface area contributed by atoms with Crippen LogP contribution in [0.15, 0.2) is 45.6 Å². The topological polar surface area (TPSA) is 77.8 Å². The normalized spacial score (nSPS) is 10.1. The Balaban J connectivity index is 2.11. The van der Waals surface area contributed by atoms with E-state index in [-0.39, 0.29) is 5.43 Å². The Bertz CT molecular complexity index is 1180. The molecule has 4 heteroatoms. The van der Waals surface area contributed by atoms with Gasteiger partial charge in [0.25, 0.3) is 0 Å². The maximum Gasteiger partial charge on any atom is 0.200 e. The number of nitrogens with zero attached hydrogens (tertiary/aromatic N) is 2. The first-order valence-corrected chi connectivity index (χ1v) is 8.96. The van der Waals surface area contributed by atoms with E-state index in [0.29, 0.717) is 54.0 Å². The molecule has 0 bridgehead atoms. The van der Waals surface area contributed by atoms with E-state index in [9.17, 15) is 4.79 Å². The minimum Gasteiger partial charge on any atom is -0.456 e. The molecule has 0 radical (unpaired) electrons. The van der Waals surface area contributed by atoms with Crippen LogP contribution in [0.2, 0.25) is 0 Å². The zero-order valence-corrected chi connectivity index (χ0v) is 14.9. The van der Waals surface area contributed by atoms with Gasteiger partial charge in [0.15, 0.2) is 0 Å². The van der Waals surface area contributed by atoms with Crippen molar-refractivity contribution in [3.05, 3.63) is 57.7 Å². The highest BCUT2D eigenvalue weighted by Crippen LogP contribution is 2.24. The van der Waals surface area contributed by atoms with Crippen molar-refractivity contribution < 1.29 is 4.42 Å². The van der Waals surface area contributed by atoms with Crippen LogP contribution in [0.4, 0.5) is 0 Å². The molecule has 1 aromatic heterocycles. The number of para-hydroxylation sites is 1. The summed E-state index contributed by atoms with van der Waals surface area (Å²) in [6.07, 6.45) is 3.65. The zero-order chi connectivity index (χ0) is 19.1. The molecule has 1 heterocycles. The van der Waals surface area contributed by atoms with Gasteiger partial charge in [-0.1, -0.05) is 24.0 Å². The van der Waals surface area contributed by atoms with Crippen molar-refractivity contribution >= 4 is 21.9 Å². The van der Waals surface area contributed by atoms with Crippen molar-refractivity contribution in [3.63, 3.8) is 0 Å². The third kappa shape index (κ3) is 4.17. The Labute approximate surface area is 157 Å². The SMILES string of the molecule is N#CCCCC#Cc1cc(CCCC#N)c2oc3ccccc3c(=O)c2c1. The van der Waals surface area contributed by atoms with E-state index in [0.717, 1.165) is 17.5 Å². The van der Waals surface area contributed by atoms with Gasteiger partial charge in [-0.05, 0) is 49.1 Å². The highest BCUT2D eigenvalue weighted by atomic mass is 16.3. The number of unbranched alkanes of at least 4 members (excludes halogenated alkanes) is 3. The molecule has 2 aromatic carbocycles. The Morgan fingerprint density at radius 2 is 1.70 bits per heavy atom. The van der Waals surface area contributed by atoms with E-state index in [1.54, 1.807) is 18.2 Å². The van der Waals surface area contributed by atoms with Crippen LogP contribution in [-0.4, -0.2) is 0 Å². The first kappa shape index (κ1) is 18.2. The summed E-state index contributed by atoms with van der Waals surface area (Å²) in [5.41, 5.74) is 2.72. The quantitative estimate of drug-likeness (QED) is 0.373. The molecule has 0 aliphatic heterocycles. The van der Waals surface area contributed by atoms with Crippen LogP contribution in [0.1, 0.15) is 43.2 Å². The molecule has 0 unspecified atom stereocenters. The first-order valence-electron chi connectivity index (χ1n) is 8.96. The van der Waals surface area contributed by atoms with Crippen molar-refractivity contribution in [2.45, 2.75) is 38.5 Å². The number of hydrogen-bond donors (Lipinski definition) is 0. The lowest BCUT2D eigenvalue weighted by molar-refractivity contribution is 0.651. The molecular formula is C23H18N2O2. The molecule has 0 atom stereocenters. The van der Waals surface area contributed by atoms with Gasteiger partial charge < -0.3 is 4.42 Å². The fourth-order valence-corrected chi connectivity index (χ4v) is 3.01. The second-order valence-electron chi connectivity index (χ2n) is 6.26. The van der Waals surface area contributed by atoms with Crippen LogP contribution in [0, 0.1) is 34.5 Å². The summed E-state index contributed by atoms with van der Waals surface area (Å²) in [4.78, 5) is 12.9. The van der Waals surface area contributed by atoms with Crippen LogP contribution in [0.5, 0.6) is 0 Å². The molecule has 0 fully saturated rings. The van der Waals surface area contributed by atoms with Gasteiger partial charge in [-0.25, -0.2) is 0 Å². The number of nitriles is 2. The number of benzene rings is 2. The highest BCUT2D eigenvalue weighted by molar-refractivity contribution is 5.91. The molecule has 0 spiro atoms. The van der Waals surface area contributed by atoms with Gasteiger partial charge in [-0.15, -0.1) is 0 Å². The summed E-state index contributed by atoms with van der Waals surface area (Å²) < 4.78 is 6.03. The maximum absolute atomic E-state index is 12.9. The molecular weight excluding hydrogens is 336 g/mol. The van der Waals surface area contributed by atoms with Gasteiger partial charge in [0, 0.05) is 24.8 Å². The Morgan fingerprint density at radius 1 is 0.926 bits per heavy atom. The molecule has 0 aliphatic carbocycles. The van der Waals surface area contributed by atoms with Gasteiger partial charge in [-0.2, -0.15) is 10.5 Å². The average Bonchev–Trinajstić information content (AvgIpc) is 2.69. The van der Waals surface area contributed by atoms with E-state index in [1.807, 2.05) is 18.2 Å². The highest BCUT2D eigenvalue weighted by Gasteiger charge is 2.12. The van der Waals surface area contributed by atoms with E-state index < -0.39 is 0 Å². The van der Waals surface area contributed by atoms with Gasteiger partial charge in [0.1, 0.15) is 11.2 Å². The molecule has 4 nitrogen and oxygen atoms in total. The predicted molar refractivity (Wildman–Crippen MR) is 105 cm³/mol. The molecule has 3 aromatic rings. The minimum atomic E-state index is -0.0680. The summed E-state index contributed by atoms with van der Waals surface area (Å²) in [7, 11) is 0. The Kier molecular flexibility index (Phi) is 5.88. The molecule has 0 saturated carbocycles. The second kappa shape index (κ2) is 8.70. The van der Waals surface area contributed by atoms with Crippen molar-refractivity contribution in [1.82, 2.24) is 0 Å². The fourth-order valence-electron chi connectivity index (χ4n) is 3.01. The molecule has 0 N–H and O–H groups in total. The largest absolute Gasteiger partial charge is 0.456 e. The Hall–Kier alpha value is -3.55. The third-order valence-corrected chi connectivity index (χ3v) is 4.31. The maximum atomic E-state index is 12.9. The van der Waals surface area contributed by atoms with Crippen LogP contribution >= 0.6 is 0 Å². The van der Waals surface area contributed by atoms with E-state index >= 15 is 0 Å². The lowest BCUT2D eigenvalue weighted by atomic mass is 10.0. The van der Waals surface area contributed by atoms with E-state index in [4.69, 9.17) is 14.9 Å². The van der Waals surface area contributed by atoms with E-state index in [2.05, 4.69) is 24.0 Å². The summed E-state index contributed by atoms with van der Waals surface area (Å²) in [5, 5.41) is 18.5. The van der Waals surface area contributed by atoms with Crippen LogP contribution < -0.4 is 5.43 Å². The Morgan fingerprint density at radius 3 is 2.52 bits per heavy atom. The lowest BCUT2D eigenvalue weighted by Gasteiger charge is -2.08. The summed E-state index contributed by atoms with van der Waals surface area (Å²) in [6, 6.07) is 15.2. The van der Waals surface area contributed by atoms with E-state index in [1.165, 1.54) is 0 Å². The third-order valence-electron chi connectivity index (χ3n) is 4.31. The molecule has 0 saturated heterocycles. The van der Waals surface area contributed by atoms with Gasteiger partial charge in [0.05, 0.1) is 22.9 Å². The predicted octanol–water partition coefficient (Wildman–Crippen LogP) is 4.84. The first-order chi connectivity index (χ1) is 13.2. The van der Waals surface area contributed by atoms with Gasteiger partial charge in [0.2, 0.25) is 5.43 Å². The number of hydrogen-bond acceptors (Lipinski definition) is 4. The van der Waals surface area contributed by atoms with Crippen LogP contribution in [0.25, 0.3) is 21.9 Å². The van der Waals surface area contributed by atoms with Crippen LogP contribution in [0.3, 0.4) is 0 Å². The molecule has 27 heavy (non-hydrogen) atoms. The minimum absolute atomic E-state index is 0.0680. The van der Waals surface area contributed by atoms with Crippen molar-refractivity contribution in [3.8, 4) is 24.0 Å². The molecule has 0 amide bonds. The van der Waals surface area contributed by atoms with Gasteiger partial charge >= 0.3 is 0 Å². The summed E-state index contributed by atoms with van der Waals surface area (Å²) >= 11 is 0. The van der Waals surface area contributed by atoms with Gasteiger partial charge in [-0.3, -0.25) is 4.79 Å². The summed E-state index contributed by atoms with van der Waals surface area (Å²) in [5.74, 6) is 6.16. The smallest absolute Gasteiger partial charge is 0.200 e. The molecule has 3 rings (SSSR count). The average molecular weight is 354 g/mol. The number of aryl methyl sites for hydroxylation is 1. The monoisotopic (exact) mass is 354 g/mol. The fraction of sp³-hybridized carbons (Fsp3) is 0.261. The molecule has 0 aliphatic rings. The van der Waals surface area contributed by atoms with Crippen molar-refractivity contribution in [2.75, 3.05) is 0 Å². The number of fused-ring (bicyclic) bond motifs is 2. The molecule has 132 valence electrons. The summed E-state index contributed by atoms with van der Waals surface area (Å²) in [6.45, 7) is 0. The van der Waals surface area contributed by atoms with Crippen molar-refractivity contribution in [1.29, 1.82) is 10.5 Å². The second-order valence-corrected chi connectivity index (χ2v) is 6.26. The standard InChI is InChI=1S/C23H18N2O2/c24-13-7-2-1-3-9-17-15-18(10-6-8-14-25)23-20(16-17)22(26)19-11-4-5-12-21(19)27-23/h4-5,11-12,15-16H,1-2,6-8,10H2. The van der Waals surface area contributed by atoms with Crippen LogP contribution in [-0.2, 0) is 6.42 Å². The number of rotatable bonds is 5.